The summed E-state index contributed by atoms with van der Waals surface area (Å²) in [5, 5.41) is 3.72. The van der Waals surface area contributed by atoms with Gasteiger partial charge in [-0.05, 0) is 63.5 Å². The summed E-state index contributed by atoms with van der Waals surface area (Å²) >= 11 is 0. The van der Waals surface area contributed by atoms with Gasteiger partial charge in [-0.2, -0.15) is 0 Å². The Balaban J connectivity index is 1.67. The van der Waals surface area contributed by atoms with Crippen LogP contribution in [-0.4, -0.2) is 25.3 Å². The van der Waals surface area contributed by atoms with E-state index in [1.165, 1.54) is 56.9 Å². The molecule has 0 saturated carbocycles. The average Bonchev–Trinajstić information content (AvgIpc) is 3.04. The van der Waals surface area contributed by atoms with Crippen molar-refractivity contribution in [1.29, 1.82) is 0 Å². The van der Waals surface area contributed by atoms with Gasteiger partial charge in [-0.1, -0.05) is 37.3 Å². The highest BCUT2D eigenvalue weighted by molar-refractivity contribution is 5.14. The zero-order chi connectivity index (χ0) is 14.8. The lowest BCUT2D eigenvalue weighted by Gasteiger charge is -2.20. The zero-order valence-electron chi connectivity index (χ0n) is 13.5. The van der Waals surface area contributed by atoms with Crippen molar-refractivity contribution in [2.75, 3.05) is 13.2 Å². The monoisotopic (exact) mass is 289 g/mol. The highest BCUT2D eigenvalue weighted by Crippen LogP contribution is 2.19. The van der Waals surface area contributed by atoms with Gasteiger partial charge in [-0.3, -0.25) is 0 Å². The molecule has 118 valence electrons. The Hall–Kier alpha value is -0.860. The van der Waals surface area contributed by atoms with Gasteiger partial charge in [0.15, 0.2) is 0 Å². The lowest BCUT2D eigenvalue weighted by molar-refractivity contribution is 0.0992. The van der Waals surface area contributed by atoms with Gasteiger partial charge in [-0.25, -0.2) is 0 Å². The summed E-state index contributed by atoms with van der Waals surface area (Å²) < 4.78 is 5.75. The molecule has 2 rings (SSSR count). The maximum Gasteiger partial charge on any atom is 0.0576 e. The largest absolute Gasteiger partial charge is 0.378 e. The van der Waals surface area contributed by atoms with Crippen molar-refractivity contribution in [1.82, 2.24) is 5.32 Å². The van der Waals surface area contributed by atoms with Crippen LogP contribution in [0.2, 0.25) is 0 Å². The number of aryl methyl sites for hydroxylation is 1. The van der Waals surface area contributed by atoms with E-state index >= 15 is 0 Å². The molecule has 21 heavy (non-hydrogen) atoms. The molecular formula is C19H31NO. The van der Waals surface area contributed by atoms with E-state index in [4.69, 9.17) is 4.74 Å². The average molecular weight is 289 g/mol. The van der Waals surface area contributed by atoms with Crippen LogP contribution in [0.25, 0.3) is 0 Å². The zero-order valence-corrected chi connectivity index (χ0v) is 13.5. The first kappa shape index (κ1) is 16.5. The minimum absolute atomic E-state index is 0.532. The summed E-state index contributed by atoms with van der Waals surface area (Å²) in [5.41, 5.74) is 1.46. The molecule has 2 nitrogen and oxygen atoms in total. The Bertz CT molecular complexity index is 359. The third-order valence-corrected chi connectivity index (χ3v) is 4.40. The molecule has 1 N–H and O–H groups in total. The normalized spacial score (nSPS) is 19.8. The minimum atomic E-state index is 0.532. The lowest BCUT2D eigenvalue weighted by Crippen LogP contribution is -2.30. The Morgan fingerprint density at radius 2 is 2.10 bits per heavy atom. The maximum atomic E-state index is 5.75. The molecule has 2 heteroatoms. The number of nitrogens with one attached hydrogen (secondary N) is 1. The molecule has 1 aliphatic heterocycles. The predicted octanol–water partition coefficient (Wildman–Crippen LogP) is 4.34. The van der Waals surface area contributed by atoms with Crippen LogP contribution in [-0.2, 0) is 11.2 Å². The van der Waals surface area contributed by atoms with Crippen LogP contribution < -0.4 is 5.32 Å². The second kappa shape index (κ2) is 9.97. The van der Waals surface area contributed by atoms with Gasteiger partial charge in [0, 0.05) is 12.6 Å². The number of hydrogen-bond donors (Lipinski definition) is 1. The summed E-state index contributed by atoms with van der Waals surface area (Å²) in [6, 6.07) is 11.5. The van der Waals surface area contributed by atoms with E-state index in [0.29, 0.717) is 12.1 Å². The van der Waals surface area contributed by atoms with E-state index in [-0.39, 0.29) is 0 Å². The van der Waals surface area contributed by atoms with Crippen LogP contribution in [0, 0.1) is 0 Å². The molecule has 1 fully saturated rings. The van der Waals surface area contributed by atoms with Gasteiger partial charge in [0.25, 0.3) is 0 Å². The molecule has 0 radical (unpaired) electrons. The second-order valence-corrected chi connectivity index (χ2v) is 6.24. The molecule has 1 aliphatic rings. The van der Waals surface area contributed by atoms with E-state index in [9.17, 15) is 0 Å². The van der Waals surface area contributed by atoms with Crippen molar-refractivity contribution in [3.63, 3.8) is 0 Å². The van der Waals surface area contributed by atoms with E-state index in [0.717, 1.165) is 13.2 Å². The Morgan fingerprint density at radius 1 is 1.24 bits per heavy atom. The minimum Gasteiger partial charge on any atom is -0.378 e. The van der Waals surface area contributed by atoms with Crippen LogP contribution in [0.15, 0.2) is 30.3 Å². The van der Waals surface area contributed by atoms with Crippen LogP contribution in [0.5, 0.6) is 0 Å². The summed E-state index contributed by atoms with van der Waals surface area (Å²) in [7, 11) is 0. The van der Waals surface area contributed by atoms with Gasteiger partial charge in [-0.15, -0.1) is 0 Å². The Morgan fingerprint density at radius 3 is 2.81 bits per heavy atom. The summed E-state index contributed by atoms with van der Waals surface area (Å²) in [5.74, 6) is 0. The number of rotatable bonds is 10. The van der Waals surface area contributed by atoms with Gasteiger partial charge in [0.1, 0.15) is 0 Å². The molecule has 1 aromatic rings. The Labute approximate surface area is 130 Å². The lowest BCUT2D eigenvalue weighted by atomic mass is 9.99. The van der Waals surface area contributed by atoms with Crippen molar-refractivity contribution < 1.29 is 4.74 Å². The third-order valence-electron chi connectivity index (χ3n) is 4.40. The molecule has 0 aromatic heterocycles. The highest BCUT2D eigenvalue weighted by atomic mass is 16.5. The van der Waals surface area contributed by atoms with Crippen molar-refractivity contribution in [3.8, 4) is 0 Å². The van der Waals surface area contributed by atoms with Gasteiger partial charge >= 0.3 is 0 Å². The van der Waals surface area contributed by atoms with Crippen LogP contribution in [0.4, 0.5) is 0 Å². The number of benzene rings is 1. The SMILES string of the molecule is CCCNC(CCCc1ccccc1)CCC1CCCO1. The standard InChI is InChI=1S/C19H31NO/c1-2-15-20-18(13-14-19-12-7-16-21-19)11-6-10-17-8-4-3-5-9-17/h3-5,8-9,18-20H,2,6-7,10-16H2,1H3. The molecule has 0 bridgehead atoms. The molecule has 2 atom stereocenters. The molecule has 1 aromatic carbocycles. The fourth-order valence-electron chi connectivity index (χ4n) is 3.15. The predicted molar refractivity (Wildman–Crippen MR) is 89.7 cm³/mol. The maximum absolute atomic E-state index is 5.75. The number of hydrogen-bond acceptors (Lipinski definition) is 2. The first-order valence-electron chi connectivity index (χ1n) is 8.77. The number of ether oxygens (including phenoxy) is 1. The van der Waals surface area contributed by atoms with Crippen molar-refractivity contribution in [3.05, 3.63) is 35.9 Å². The molecule has 0 spiro atoms. The quantitative estimate of drug-likeness (QED) is 0.692. The van der Waals surface area contributed by atoms with E-state index in [1.54, 1.807) is 0 Å². The summed E-state index contributed by atoms with van der Waals surface area (Å²) in [6.45, 7) is 4.36. The van der Waals surface area contributed by atoms with E-state index in [2.05, 4.69) is 42.6 Å². The molecule has 2 unspecified atom stereocenters. The van der Waals surface area contributed by atoms with Crippen molar-refractivity contribution >= 4 is 0 Å². The second-order valence-electron chi connectivity index (χ2n) is 6.24. The van der Waals surface area contributed by atoms with Crippen LogP contribution in [0.3, 0.4) is 0 Å². The third kappa shape index (κ3) is 6.62. The first-order valence-corrected chi connectivity index (χ1v) is 8.77. The van der Waals surface area contributed by atoms with Crippen LogP contribution >= 0.6 is 0 Å². The fourth-order valence-corrected chi connectivity index (χ4v) is 3.15. The molecular weight excluding hydrogens is 258 g/mol. The van der Waals surface area contributed by atoms with Gasteiger partial charge < -0.3 is 10.1 Å². The summed E-state index contributed by atoms with van der Waals surface area (Å²) in [4.78, 5) is 0. The molecule has 1 heterocycles. The van der Waals surface area contributed by atoms with E-state index < -0.39 is 0 Å². The molecule has 1 saturated heterocycles. The first-order chi connectivity index (χ1) is 10.4. The highest BCUT2D eigenvalue weighted by Gasteiger charge is 2.17. The Kier molecular flexibility index (Phi) is 7.83. The van der Waals surface area contributed by atoms with Crippen molar-refractivity contribution in [2.45, 2.75) is 70.4 Å². The van der Waals surface area contributed by atoms with Gasteiger partial charge in [0.2, 0.25) is 0 Å². The fraction of sp³-hybridized carbons (Fsp3) is 0.684. The van der Waals surface area contributed by atoms with E-state index in [1.807, 2.05) is 0 Å². The topological polar surface area (TPSA) is 21.3 Å². The van der Waals surface area contributed by atoms with Crippen molar-refractivity contribution in [2.24, 2.45) is 0 Å². The smallest absolute Gasteiger partial charge is 0.0576 e. The van der Waals surface area contributed by atoms with Gasteiger partial charge in [0.05, 0.1) is 6.10 Å². The summed E-state index contributed by atoms with van der Waals surface area (Å²) in [6.07, 6.45) is 10.5. The molecule has 0 aliphatic carbocycles. The molecule has 0 amide bonds. The van der Waals surface area contributed by atoms with Crippen LogP contribution in [0.1, 0.15) is 57.4 Å².